The molecule has 2 aromatic carbocycles. The number of fused-ring (bicyclic) bond motifs is 1. The summed E-state index contributed by atoms with van der Waals surface area (Å²) in [6.45, 7) is 1.08. The molecule has 0 fully saturated rings. The summed E-state index contributed by atoms with van der Waals surface area (Å²) in [4.78, 5) is 34.5. The van der Waals surface area contributed by atoms with Gasteiger partial charge in [-0.05, 0) is 17.2 Å². The number of methoxy groups -OCH3 is 1. The fourth-order valence-electron chi connectivity index (χ4n) is 2.70. The average Bonchev–Trinajstić information content (AvgIpc) is 3.02. The molecule has 25 heavy (non-hydrogen) atoms. The summed E-state index contributed by atoms with van der Waals surface area (Å²) in [5, 5.41) is 12.8. The molecule has 8 heteroatoms. The number of amides is 1. The summed E-state index contributed by atoms with van der Waals surface area (Å²) in [5.41, 5.74) is 4.55. The third-order valence-corrected chi connectivity index (χ3v) is 3.91. The fraction of sp³-hybridized carbons (Fsp3) is 0.176. The Hall–Kier alpha value is -3.26. The zero-order chi connectivity index (χ0) is 18.0. The largest absolute Gasteiger partial charge is 0.465 e. The lowest BCUT2D eigenvalue weighted by Crippen LogP contribution is -2.38. The third-order valence-electron chi connectivity index (χ3n) is 3.91. The molecule has 2 aromatic rings. The molecule has 0 unspecified atom stereocenters. The van der Waals surface area contributed by atoms with Crippen LogP contribution in [0.3, 0.4) is 0 Å². The summed E-state index contributed by atoms with van der Waals surface area (Å²) in [5.74, 6) is -1.27. The number of hydrogen-bond donors (Lipinski definition) is 1. The third kappa shape index (κ3) is 3.48. The molecular weight excluding hydrogens is 326 g/mol. The summed E-state index contributed by atoms with van der Waals surface area (Å²) < 4.78 is 4.58. The van der Waals surface area contributed by atoms with E-state index in [9.17, 15) is 19.7 Å². The lowest BCUT2D eigenvalue weighted by Gasteiger charge is -2.16. The predicted molar refractivity (Wildman–Crippen MR) is 87.6 cm³/mol. The van der Waals surface area contributed by atoms with Crippen LogP contribution in [0, 0.1) is 10.1 Å². The second-order valence-electron chi connectivity index (χ2n) is 5.58. The zero-order valence-corrected chi connectivity index (χ0v) is 13.4. The predicted octanol–water partition coefficient (Wildman–Crippen LogP) is 2.04. The van der Waals surface area contributed by atoms with E-state index in [1.165, 1.54) is 13.2 Å². The number of nitro groups is 1. The van der Waals surface area contributed by atoms with E-state index in [4.69, 9.17) is 0 Å². The molecule has 0 aliphatic carbocycles. The first-order valence-electron chi connectivity index (χ1n) is 7.48. The Balaban J connectivity index is 1.81. The van der Waals surface area contributed by atoms with Crippen LogP contribution in [0.4, 0.5) is 5.69 Å². The van der Waals surface area contributed by atoms with Gasteiger partial charge in [0.15, 0.2) is 0 Å². The first kappa shape index (κ1) is 16.6. The Morgan fingerprint density at radius 1 is 1.12 bits per heavy atom. The molecule has 0 atom stereocenters. The number of carbonyl (C=O) groups excluding carboxylic acids is 2. The van der Waals surface area contributed by atoms with Crippen molar-refractivity contribution < 1.29 is 19.2 Å². The highest BCUT2D eigenvalue weighted by Gasteiger charge is 2.23. The molecule has 8 nitrogen and oxygen atoms in total. The van der Waals surface area contributed by atoms with Crippen LogP contribution in [0.5, 0.6) is 0 Å². The number of carbonyl (C=O) groups is 2. The van der Waals surface area contributed by atoms with Crippen LogP contribution >= 0.6 is 0 Å². The van der Waals surface area contributed by atoms with E-state index in [0.717, 1.165) is 23.3 Å². The van der Waals surface area contributed by atoms with Crippen molar-refractivity contribution in [2.75, 3.05) is 7.11 Å². The molecule has 1 aliphatic heterocycles. The number of hydrazine groups is 1. The molecule has 0 radical (unpaired) electrons. The summed E-state index contributed by atoms with van der Waals surface area (Å²) in [6.07, 6.45) is 0. The Bertz CT molecular complexity index is 840. The molecule has 0 aromatic heterocycles. The smallest absolute Gasteiger partial charge is 0.338 e. The second kappa shape index (κ2) is 6.70. The topological polar surface area (TPSA) is 102 Å². The highest BCUT2D eigenvalue weighted by Crippen LogP contribution is 2.22. The van der Waals surface area contributed by atoms with E-state index in [-0.39, 0.29) is 16.8 Å². The SMILES string of the molecule is COC(=O)c1cc(C(=O)NN2Cc3ccccc3C2)cc([N+](=O)[O-])c1. The summed E-state index contributed by atoms with van der Waals surface area (Å²) in [7, 11) is 1.17. The number of nitrogens with zero attached hydrogens (tertiary/aromatic N) is 2. The van der Waals surface area contributed by atoms with Gasteiger partial charge in [0.25, 0.3) is 11.6 Å². The first-order valence-corrected chi connectivity index (χ1v) is 7.48. The maximum absolute atomic E-state index is 12.5. The number of rotatable bonds is 4. The monoisotopic (exact) mass is 341 g/mol. The lowest BCUT2D eigenvalue weighted by molar-refractivity contribution is -0.384. The van der Waals surface area contributed by atoms with Crippen LogP contribution in [0.2, 0.25) is 0 Å². The van der Waals surface area contributed by atoms with Gasteiger partial charge in [0, 0.05) is 30.8 Å². The first-order chi connectivity index (χ1) is 12.0. The number of hydrogen-bond acceptors (Lipinski definition) is 6. The minimum Gasteiger partial charge on any atom is -0.465 e. The molecule has 0 bridgehead atoms. The van der Waals surface area contributed by atoms with E-state index in [1.54, 1.807) is 5.01 Å². The van der Waals surface area contributed by atoms with Gasteiger partial charge in [0.2, 0.25) is 0 Å². The molecule has 1 N–H and O–H groups in total. The highest BCUT2D eigenvalue weighted by atomic mass is 16.6. The van der Waals surface area contributed by atoms with E-state index in [0.29, 0.717) is 13.1 Å². The van der Waals surface area contributed by atoms with Gasteiger partial charge in [-0.25, -0.2) is 9.80 Å². The number of nitro benzene ring substituents is 1. The van der Waals surface area contributed by atoms with Gasteiger partial charge >= 0.3 is 5.97 Å². The minimum atomic E-state index is -0.744. The highest BCUT2D eigenvalue weighted by molar-refractivity contribution is 5.98. The molecular formula is C17H15N3O5. The number of esters is 1. The molecule has 1 amide bonds. The molecule has 0 saturated carbocycles. The normalized spacial score (nSPS) is 13.2. The molecule has 1 heterocycles. The van der Waals surface area contributed by atoms with Crippen LogP contribution in [0.1, 0.15) is 31.8 Å². The van der Waals surface area contributed by atoms with Crippen molar-refractivity contribution in [2.24, 2.45) is 0 Å². The van der Waals surface area contributed by atoms with Crippen molar-refractivity contribution in [3.05, 3.63) is 74.8 Å². The van der Waals surface area contributed by atoms with Gasteiger partial charge in [-0.15, -0.1) is 0 Å². The van der Waals surface area contributed by atoms with Crippen molar-refractivity contribution in [1.29, 1.82) is 0 Å². The molecule has 128 valence electrons. The van der Waals surface area contributed by atoms with Crippen LogP contribution in [0.25, 0.3) is 0 Å². The van der Waals surface area contributed by atoms with Crippen LogP contribution in [0.15, 0.2) is 42.5 Å². The van der Waals surface area contributed by atoms with Crippen molar-refractivity contribution in [1.82, 2.24) is 10.4 Å². The Kier molecular flexibility index (Phi) is 4.44. The van der Waals surface area contributed by atoms with Crippen LogP contribution in [-0.2, 0) is 17.8 Å². The maximum atomic E-state index is 12.5. The summed E-state index contributed by atoms with van der Waals surface area (Å²) >= 11 is 0. The number of ether oxygens (including phenoxy) is 1. The fourth-order valence-corrected chi connectivity index (χ4v) is 2.70. The lowest BCUT2D eigenvalue weighted by atomic mass is 10.1. The van der Waals surface area contributed by atoms with Crippen molar-refractivity contribution in [2.45, 2.75) is 13.1 Å². The minimum absolute atomic E-state index is 0.0190. The Morgan fingerprint density at radius 2 is 1.72 bits per heavy atom. The van der Waals surface area contributed by atoms with Crippen LogP contribution < -0.4 is 5.43 Å². The van der Waals surface area contributed by atoms with Gasteiger partial charge in [-0.3, -0.25) is 20.3 Å². The molecule has 3 rings (SSSR count). The second-order valence-corrected chi connectivity index (χ2v) is 5.58. The standard InChI is InChI=1S/C17H15N3O5/c1-25-17(22)14-6-13(7-15(8-14)20(23)24)16(21)18-19-9-11-4-2-3-5-12(11)10-19/h2-8H,9-10H2,1H3,(H,18,21). The van der Waals surface area contributed by atoms with E-state index >= 15 is 0 Å². The van der Waals surface area contributed by atoms with Gasteiger partial charge < -0.3 is 4.74 Å². The van der Waals surface area contributed by atoms with E-state index in [2.05, 4.69) is 10.2 Å². The average molecular weight is 341 g/mol. The van der Waals surface area contributed by atoms with Crippen molar-refractivity contribution >= 4 is 17.6 Å². The van der Waals surface area contributed by atoms with Crippen molar-refractivity contribution in [3.8, 4) is 0 Å². The molecule has 0 saturated heterocycles. The molecule has 1 aliphatic rings. The quantitative estimate of drug-likeness (QED) is 0.519. The Labute approximate surface area is 143 Å². The van der Waals surface area contributed by atoms with Gasteiger partial charge in [0.05, 0.1) is 17.6 Å². The Morgan fingerprint density at radius 3 is 2.28 bits per heavy atom. The number of benzene rings is 2. The van der Waals surface area contributed by atoms with Crippen LogP contribution in [-0.4, -0.2) is 28.9 Å². The maximum Gasteiger partial charge on any atom is 0.338 e. The van der Waals surface area contributed by atoms with Gasteiger partial charge in [0.1, 0.15) is 0 Å². The van der Waals surface area contributed by atoms with Gasteiger partial charge in [-0.1, -0.05) is 24.3 Å². The van der Waals surface area contributed by atoms with E-state index < -0.39 is 16.8 Å². The van der Waals surface area contributed by atoms with Crippen molar-refractivity contribution in [3.63, 3.8) is 0 Å². The van der Waals surface area contributed by atoms with Gasteiger partial charge in [-0.2, -0.15) is 0 Å². The zero-order valence-electron chi connectivity index (χ0n) is 13.4. The van der Waals surface area contributed by atoms with E-state index in [1.807, 2.05) is 24.3 Å². The number of nitrogens with one attached hydrogen (secondary N) is 1. The summed E-state index contributed by atoms with van der Waals surface area (Å²) in [6, 6.07) is 11.3. The molecule has 0 spiro atoms. The number of non-ortho nitro benzene ring substituents is 1.